The van der Waals surface area contributed by atoms with Gasteiger partial charge in [-0.3, -0.25) is 9.69 Å². The molecular weight excluding hydrogens is 393 g/mol. The Balaban J connectivity index is 1.45. The smallest absolute Gasteiger partial charge is 0.330 e. The van der Waals surface area contributed by atoms with Crippen LogP contribution in [0.4, 0.5) is 18.9 Å². The molecule has 1 aliphatic heterocycles. The van der Waals surface area contributed by atoms with E-state index in [4.69, 9.17) is 0 Å². The van der Waals surface area contributed by atoms with Gasteiger partial charge in [0.15, 0.2) is 0 Å². The van der Waals surface area contributed by atoms with Gasteiger partial charge in [0, 0.05) is 13.6 Å². The van der Waals surface area contributed by atoms with Gasteiger partial charge in [-0.15, -0.1) is 0 Å². The number of fused-ring (bicyclic) bond motifs is 1. The maximum absolute atomic E-state index is 13.2. The molecule has 5 nitrogen and oxygen atoms in total. The SMILES string of the molecule is Cn1c(CN2CCC[C@H](C(=O)Nc3ccccc3C(F)(F)F)C2)nc2ccccc21. The molecule has 158 valence electrons. The Morgan fingerprint density at radius 2 is 1.90 bits per heavy atom. The third-order valence-electron chi connectivity index (χ3n) is 5.61. The first-order valence-electron chi connectivity index (χ1n) is 9.92. The Bertz CT molecular complexity index is 1060. The van der Waals surface area contributed by atoms with E-state index < -0.39 is 11.7 Å². The molecule has 0 aliphatic carbocycles. The maximum Gasteiger partial charge on any atom is 0.418 e. The molecule has 0 saturated carbocycles. The summed E-state index contributed by atoms with van der Waals surface area (Å²) in [7, 11) is 1.97. The lowest BCUT2D eigenvalue weighted by molar-refractivity contribution is -0.137. The van der Waals surface area contributed by atoms with Gasteiger partial charge in [0.1, 0.15) is 5.82 Å². The van der Waals surface area contributed by atoms with E-state index in [0.29, 0.717) is 19.5 Å². The molecule has 1 N–H and O–H groups in total. The van der Waals surface area contributed by atoms with Crippen molar-refractivity contribution in [2.75, 3.05) is 18.4 Å². The lowest BCUT2D eigenvalue weighted by atomic mass is 9.96. The van der Waals surface area contributed by atoms with E-state index in [-0.39, 0.29) is 17.5 Å². The number of likely N-dealkylation sites (tertiary alicyclic amines) is 1. The number of halogens is 3. The maximum atomic E-state index is 13.2. The largest absolute Gasteiger partial charge is 0.418 e. The number of nitrogens with zero attached hydrogens (tertiary/aromatic N) is 3. The second-order valence-corrected chi connectivity index (χ2v) is 7.68. The quantitative estimate of drug-likeness (QED) is 0.684. The Hall–Kier alpha value is -2.87. The number of nitrogens with one attached hydrogen (secondary N) is 1. The van der Waals surface area contributed by atoms with Crippen molar-refractivity contribution in [1.29, 1.82) is 0 Å². The number of anilines is 1. The second kappa shape index (κ2) is 8.10. The van der Waals surface area contributed by atoms with Crippen molar-refractivity contribution in [1.82, 2.24) is 14.5 Å². The summed E-state index contributed by atoms with van der Waals surface area (Å²) in [6, 6.07) is 13.0. The molecule has 1 fully saturated rings. The van der Waals surface area contributed by atoms with Crippen molar-refractivity contribution in [2.24, 2.45) is 13.0 Å². The molecule has 4 rings (SSSR count). The van der Waals surface area contributed by atoms with E-state index in [1.54, 1.807) is 0 Å². The molecule has 0 bridgehead atoms. The molecule has 8 heteroatoms. The van der Waals surface area contributed by atoms with Crippen LogP contribution in [0.15, 0.2) is 48.5 Å². The highest BCUT2D eigenvalue weighted by Gasteiger charge is 2.34. The molecule has 1 aromatic heterocycles. The average Bonchev–Trinajstić information content (AvgIpc) is 3.03. The fourth-order valence-electron chi connectivity index (χ4n) is 4.02. The highest BCUT2D eigenvalue weighted by Crippen LogP contribution is 2.35. The number of carbonyl (C=O) groups is 1. The highest BCUT2D eigenvalue weighted by atomic mass is 19.4. The van der Waals surface area contributed by atoms with Gasteiger partial charge in [-0.05, 0) is 43.7 Å². The van der Waals surface area contributed by atoms with Gasteiger partial charge in [-0.2, -0.15) is 13.2 Å². The lowest BCUT2D eigenvalue weighted by Gasteiger charge is -2.31. The monoisotopic (exact) mass is 416 g/mol. The van der Waals surface area contributed by atoms with Crippen LogP contribution in [0.5, 0.6) is 0 Å². The average molecular weight is 416 g/mol. The number of para-hydroxylation sites is 3. The molecule has 1 amide bonds. The Kier molecular flexibility index (Phi) is 5.51. The Morgan fingerprint density at radius 1 is 1.17 bits per heavy atom. The zero-order chi connectivity index (χ0) is 21.3. The van der Waals surface area contributed by atoms with Crippen LogP contribution in [-0.2, 0) is 24.6 Å². The normalized spacial score (nSPS) is 17.9. The minimum absolute atomic E-state index is 0.192. The summed E-state index contributed by atoms with van der Waals surface area (Å²) in [4.78, 5) is 19.5. The summed E-state index contributed by atoms with van der Waals surface area (Å²) < 4.78 is 41.6. The van der Waals surface area contributed by atoms with Crippen molar-refractivity contribution in [3.8, 4) is 0 Å². The number of piperidine rings is 1. The van der Waals surface area contributed by atoms with Crippen molar-refractivity contribution in [2.45, 2.75) is 25.6 Å². The van der Waals surface area contributed by atoms with E-state index in [1.165, 1.54) is 18.2 Å². The molecule has 0 radical (unpaired) electrons. The molecule has 1 atom stereocenters. The summed E-state index contributed by atoms with van der Waals surface area (Å²) in [5, 5.41) is 2.50. The Labute approximate surface area is 172 Å². The molecule has 30 heavy (non-hydrogen) atoms. The Morgan fingerprint density at radius 3 is 2.67 bits per heavy atom. The fourth-order valence-corrected chi connectivity index (χ4v) is 4.02. The number of imidazole rings is 1. The molecule has 0 spiro atoms. The van der Waals surface area contributed by atoms with Crippen molar-refractivity contribution in [3.05, 3.63) is 59.9 Å². The van der Waals surface area contributed by atoms with Crippen LogP contribution in [0.2, 0.25) is 0 Å². The number of aromatic nitrogens is 2. The fraction of sp³-hybridized carbons (Fsp3) is 0.364. The molecular formula is C22H23F3N4O. The molecule has 2 heterocycles. The first-order valence-corrected chi connectivity index (χ1v) is 9.92. The molecule has 0 unspecified atom stereocenters. The number of aryl methyl sites for hydroxylation is 1. The van der Waals surface area contributed by atoms with E-state index >= 15 is 0 Å². The van der Waals surface area contributed by atoms with E-state index in [2.05, 4.69) is 15.2 Å². The minimum Gasteiger partial charge on any atom is -0.330 e. The number of amides is 1. The van der Waals surface area contributed by atoms with Crippen molar-refractivity contribution in [3.63, 3.8) is 0 Å². The molecule has 2 aromatic carbocycles. The van der Waals surface area contributed by atoms with E-state index in [9.17, 15) is 18.0 Å². The van der Waals surface area contributed by atoms with E-state index in [0.717, 1.165) is 35.9 Å². The summed E-state index contributed by atoms with van der Waals surface area (Å²) in [5.74, 6) is 0.163. The number of alkyl halides is 3. The number of benzene rings is 2. The van der Waals surface area contributed by atoms with Gasteiger partial charge >= 0.3 is 6.18 Å². The first kappa shape index (κ1) is 20.4. The predicted octanol–water partition coefficient (Wildman–Crippen LogP) is 4.44. The third kappa shape index (κ3) is 4.18. The van der Waals surface area contributed by atoms with Gasteiger partial charge in [0.25, 0.3) is 0 Å². The van der Waals surface area contributed by atoms with Gasteiger partial charge in [0.2, 0.25) is 5.91 Å². The first-order chi connectivity index (χ1) is 14.3. The zero-order valence-corrected chi connectivity index (χ0v) is 16.6. The van der Waals surface area contributed by atoms with Crippen LogP contribution in [0, 0.1) is 5.92 Å². The second-order valence-electron chi connectivity index (χ2n) is 7.68. The minimum atomic E-state index is -4.51. The van der Waals surface area contributed by atoms with Crippen LogP contribution < -0.4 is 5.32 Å². The summed E-state index contributed by atoms with van der Waals surface area (Å²) in [6.45, 7) is 1.91. The number of carbonyl (C=O) groups excluding carboxylic acids is 1. The van der Waals surface area contributed by atoms with Crippen LogP contribution in [0.3, 0.4) is 0 Å². The molecule has 1 saturated heterocycles. The van der Waals surface area contributed by atoms with Gasteiger partial charge in [-0.1, -0.05) is 24.3 Å². The number of rotatable bonds is 4. The number of hydrogen-bond donors (Lipinski definition) is 1. The summed E-state index contributed by atoms with van der Waals surface area (Å²) in [6.07, 6.45) is -3.05. The molecule has 3 aromatic rings. The number of hydrogen-bond acceptors (Lipinski definition) is 3. The summed E-state index contributed by atoms with van der Waals surface area (Å²) in [5.41, 5.74) is 0.945. The van der Waals surface area contributed by atoms with Crippen LogP contribution in [0.1, 0.15) is 24.2 Å². The van der Waals surface area contributed by atoms with Gasteiger partial charge in [0.05, 0.1) is 34.7 Å². The van der Waals surface area contributed by atoms with E-state index in [1.807, 2.05) is 35.9 Å². The standard InChI is InChI=1S/C22H23F3N4O/c1-28-19-11-5-4-10-18(19)26-20(28)14-29-12-6-7-15(13-29)21(30)27-17-9-3-2-8-16(17)22(23,24)25/h2-5,8-11,15H,6-7,12-14H2,1H3,(H,27,30)/t15-/m0/s1. The van der Waals surface area contributed by atoms with Crippen molar-refractivity contribution < 1.29 is 18.0 Å². The van der Waals surface area contributed by atoms with Crippen LogP contribution in [0.25, 0.3) is 11.0 Å². The summed E-state index contributed by atoms with van der Waals surface area (Å²) >= 11 is 0. The lowest BCUT2D eigenvalue weighted by Crippen LogP contribution is -2.40. The third-order valence-corrected chi connectivity index (χ3v) is 5.61. The van der Waals surface area contributed by atoms with Crippen LogP contribution in [-0.4, -0.2) is 33.4 Å². The zero-order valence-electron chi connectivity index (χ0n) is 16.6. The topological polar surface area (TPSA) is 50.2 Å². The van der Waals surface area contributed by atoms with Crippen molar-refractivity contribution >= 4 is 22.6 Å². The highest BCUT2D eigenvalue weighted by molar-refractivity contribution is 5.93. The molecule has 1 aliphatic rings. The van der Waals surface area contributed by atoms with Crippen LogP contribution >= 0.6 is 0 Å². The predicted molar refractivity (Wildman–Crippen MR) is 109 cm³/mol. The van der Waals surface area contributed by atoms with Gasteiger partial charge in [-0.25, -0.2) is 4.98 Å². The van der Waals surface area contributed by atoms with Gasteiger partial charge < -0.3 is 9.88 Å².